The van der Waals surface area contributed by atoms with E-state index in [9.17, 15) is 9.59 Å². The predicted molar refractivity (Wildman–Crippen MR) is 85.1 cm³/mol. The number of furan rings is 1. The maximum atomic E-state index is 12.0. The van der Waals surface area contributed by atoms with Gasteiger partial charge in [0.05, 0.1) is 12.8 Å². The first-order valence-electron chi connectivity index (χ1n) is 7.38. The predicted octanol–water partition coefficient (Wildman–Crippen LogP) is 1.98. The van der Waals surface area contributed by atoms with Crippen LogP contribution in [0.15, 0.2) is 47.1 Å². The molecule has 0 saturated heterocycles. The molecular weight excluding hydrogens is 296 g/mol. The summed E-state index contributed by atoms with van der Waals surface area (Å²) in [5.41, 5.74) is 1.01. The van der Waals surface area contributed by atoms with Crippen molar-refractivity contribution in [1.29, 1.82) is 0 Å². The van der Waals surface area contributed by atoms with Crippen molar-refractivity contribution in [2.75, 3.05) is 20.3 Å². The fourth-order valence-corrected chi connectivity index (χ4v) is 1.98. The highest BCUT2D eigenvalue weighted by Gasteiger charge is 2.09. The van der Waals surface area contributed by atoms with Crippen LogP contribution in [0.3, 0.4) is 0 Å². The number of benzene rings is 1. The van der Waals surface area contributed by atoms with E-state index in [2.05, 4.69) is 10.6 Å². The topological polar surface area (TPSA) is 80.6 Å². The Balaban J connectivity index is 1.83. The highest BCUT2D eigenvalue weighted by molar-refractivity contribution is 5.97. The van der Waals surface area contributed by atoms with Gasteiger partial charge in [0.1, 0.15) is 5.76 Å². The minimum Gasteiger partial charge on any atom is -0.467 e. The second-order valence-electron chi connectivity index (χ2n) is 4.94. The van der Waals surface area contributed by atoms with Crippen molar-refractivity contribution in [1.82, 2.24) is 10.6 Å². The van der Waals surface area contributed by atoms with Crippen molar-refractivity contribution >= 4 is 11.8 Å². The van der Waals surface area contributed by atoms with Crippen molar-refractivity contribution < 1.29 is 18.7 Å². The number of ether oxygens (including phenoxy) is 1. The summed E-state index contributed by atoms with van der Waals surface area (Å²) in [6, 6.07) is 10.1. The van der Waals surface area contributed by atoms with Gasteiger partial charge in [0.2, 0.25) is 0 Å². The van der Waals surface area contributed by atoms with Crippen molar-refractivity contribution in [3.05, 3.63) is 59.5 Å². The molecule has 0 atom stereocenters. The van der Waals surface area contributed by atoms with E-state index < -0.39 is 0 Å². The largest absolute Gasteiger partial charge is 0.467 e. The van der Waals surface area contributed by atoms with E-state index >= 15 is 0 Å². The van der Waals surface area contributed by atoms with Crippen LogP contribution < -0.4 is 10.6 Å². The minimum atomic E-state index is -0.214. The number of methoxy groups -OCH3 is 1. The lowest BCUT2D eigenvalue weighted by Gasteiger charge is -2.06. The number of carbonyl (C=O) groups is 2. The summed E-state index contributed by atoms with van der Waals surface area (Å²) in [4.78, 5) is 23.9. The molecule has 1 aromatic carbocycles. The van der Waals surface area contributed by atoms with Crippen molar-refractivity contribution in [3.8, 4) is 0 Å². The van der Waals surface area contributed by atoms with Gasteiger partial charge in [-0.1, -0.05) is 0 Å². The Labute approximate surface area is 134 Å². The van der Waals surface area contributed by atoms with Crippen LogP contribution in [0.2, 0.25) is 0 Å². The molecule has 1 aromatic heterocycles. The van der Waals surface area contributed by atoms with E-state index in [-0.39, 0.29) is 11.8 Å². The zero-order chi connectivity index (χ0) is 16.5. The number of rotatable bonds is 8. The van der Waals surface area contributed by atoms with Gasteiger partial charge >= 0.3 is 0 Å². The molecule has 2 aromatic rings. The van der Waals surface area contributed by atoms with Crippen molar-refractivity contribution in [3.63, 3.8) is 0 Å². The Hall–Kier alpha value is -2.60. The summed E-state index contributed by atoms with van der Waals surface area (Å²) in [6.45, 7) is 1.49. The van der Waals surface area contributed by atoms with Gasteiger partial charge in [-0.2, -0.15) is 0 Å². The smallest absolute Gasteiger partial charge is 0.251 e. The zero-order valence-electron chi connectivity index (χ0n) is 13.0. The van der Waals surface area contributed by atoms with Gasteiger partial charge < -0.3 is 19.8 Å². The number of amides is 2. The van der Waals surface area contributed by atoms with E-state index in [1.165, 1.54) is 0 Å². The highest BCUT2D eigenvalue weighted by Crippen LogP contribution is 2.06. The normalized spacial score (nSPS) is 10.3. The molecule has 6 heteroatoms. The van der Waals surface area contributed by atoms with Crippen LogP contribution >= 0.6 is 0 Å². The van der Waals surface area contributed by atoms with Crippen LogP contribution in [-0.4, -0.2) is 32.1 Å². The Bertz CT molecular complexity index is 621. The van der Waals surface area contributed by atoms with Crippen LogP contribution in [0.4, 0.5) is 0 Å². The lowest BCUT2D eigenvalue weighted by atomic mass is 10.1. The molecule has 0 aliphatic carbocycles. The molecule has 23 heavy (non-hydrogen) atoms. The third-order valence-corrected chi connectivity index (χ3v) is 3.22. The van der Waals surface area contributed by atoms with Gasteiger partial charge in [0.15, 0.2) is 0 Å². The molecule has 0 spiro atoms. The number of carbonyl (C=O) groups excluding carboxylic acids is 2. The Morgan fingerprint density at radius 1 is 1.04 bits per heavy atom. The summed E-state index contributed by atoms with van der Waals surface area (Å²) in [5, 5.41) is 5.55. The Morgan fingerprint density at radius 2 is 1.70 bits per heavy atom. The Kier molecular flexibility index (Phi) is 6.38. The van der Waals surface area contributed by atoms with E-state index in [0.717, 1.165) is 6.42 Å². The monoisotopic (exact) mass is 316 g/mol. The van der Waals surface area contributed by atoms with Gasteiger partial charge in [0.25, 0.3) is 11.8 Å². The summed E-state index contributed by atoms with van der Waals surface area (Å²) in [7, 11) is 1.62. The second kappa shape index (κ2) is 8.75. The van der Waals surface area contributed by atoms with Crippen molar-refractivity contribution in [2.24, 2.45) is 0 Å². The molecule has 0 aliphatic rings. The molecule has 0 bridgehead atoms. The van der Waals surface area contributed by atoms with Crippen LogP contribution in [0.5, 0.6) is 0 Å². The first-order chi connectivity index (χ1) is 11.2. The Morgan fingerprint density at radius 3 is 2.26 bits per heavy atom. The maximum absolute atomic E-state index is 12.0. The molecule has 0 aliphatic heterocycles. The van der Waals surface area contributed by atoms with Gasteiger partial charge in [-0.3, -0.25) is 9.59 Å². The van der Waals surface area contributed by atoms with E-state index in [1.54, 1.807) is 49.8 Å². The van der Waals surface area contributed by atoms with Crippen LogP contribution in [0.1, 0.15) is 32.9 Å². The fraction of sp³-hybridized carbons (Fsp3) is 0.294. The second-order valence-corrected chi connectivity index (χ2v) is 4.94. The van der Waals surface area contributed by atoms with Gasteiger partial charge in [-0.05, 0) is 42.8 Å². The first kappa shape index (κ1) is 16.8. The van der Waals surface area contributed by atoms with Crippen LogP contribution in [-0.2, 0) is 11.3 Å². The van der Waals surface area contributed by atoms with Gasteiger partial charge in [0, 0.05) is 31.4 Å². The molecule has 0 unspecified atom stereocenters. The van der Waals surface area contributed by atoms with Gasteiger partial charge in [-0.15, -0.1) is 0 Å². The third-order valence-electron chi connectivity index (χ3n) is 3.22. The summed E-state index contributed by atoms with van der Waals surface area (Å²) in [6.07, 6.45) is 2.32. The molecule has 6 nitrogen and oxygen atoms in total. The number of hydrogen-bond acceptors (Lipinski definition) is 4. The van der Waals surface area contributed by atoms with Gasteiger partial charge in [-0.25, -0.2) is 0 Å². The summed E-state index contributed by atoms with van der Waals surface area (Å²) >= 11 is 0. The minimum absolute atomic E-state index is 0.163. The molecule has 0 fully saturated rings. The first-order valence-corrected chi connectivity index (χ1v) is 7.38. The molecule has 1 heterocycles. The highest BCUT2D eigenvalue weighted by atomic mass is 16.5. The fourth-order valence-electron chi connectivity index (χ4n) is 1.98. The summed E-state index contributed by atoms with van der Waals surface area (Å²) < 4.78 is 10.1. The maximum Gasteiger partial charge on any atom is 0.251 e. The molecule has 2 amide bonds. The third kappa shape index (κ3) is 5.27. The lowest BCUT2D eigenvalue weighted by Crippen LogP contribution is -2.25. The molecule has 2 rings (SSSR count). The SMILES string of the molecule is COCCCNC(=O)c1ccc(C(=O)NCc2ccco2)cc1. The van der Waals surface area contributed by atoms with E-state index in [0.29, 0.717) is 36.6 Å². The molecule has 2 N–H and O–H groups in total. The standard InChI is InChI=1S/C17H20N2O4/c1-22-10-3-9-18-16(20)13-5-7-14(8-6-13)17(21)19-12-15-4-2-11-23-15/h2,4-8,11H,3,9-10,12H2,1H3,(H,18,20)(H,19,21). The average Bonchev–Trinajstić information content (AvgIpc) is 3.10. The lowest BCUT2D eigenvalue weighted by molar-refractivity contribution is 0.0936. The molecule has 0 radical (unpaired) electrons. The number of hydrogen-bond donors (Lipinski definition) is 2. The van der Waals surface area contributed by atoms with Crippen LogP contribution in [0.25, 0.3) is 0 Å². The molecule has 0 saturated carbocycles. The van der Waals surface area contributed by atoms with E-state index in [4.69, 9.17) is 9.15 Å². The summed E-state index contributed by atoms with van der Waals surface area (Å²) in [5.74, 6) is 0.308. The number of nitrogens with one attached hydrogen (secondary N) is 2. The molecular formula is C17H20N2O4. The average molecular weight is 316 g/mol. The molecule has 122 valence electrons. The zero-order valence-corrected chi connectivity index (χ0v) is 13.0. The van der Waals surface area contributed by atoms with Crippen LogP contribution in [0, 0.1) is 0 Å². The quantitative estimate of drug-likeness (QED) is 0.730. The van der Waals surface area contributed by atoms with Crippen molar-refractivity contribution in [2.45, 2.75) is 13.0 Å². The van der Waals surface area contributed by atoms with E-state index in [1.807, 2.05) is 0 Å².